The quantitative estimate of drug-likeness (QED) is 0.720. The van der Waals surface area contributed by atoms with E-state index < -0.39 is 0 Å². The first-order chi connectivity index (χ1) is 8.81. The van der Waals surface area contributed by atoms with E-state index >= 15 is 0 Å². The summed E-state index contributed by atoms with van der Waals surface area (Å²) in [5.41, 5.74) is 2.11. The minimum Gasteiger partial charge on any atom is -0.490 e. The Morgan fingerprint density at radius 2 is 2.06 bits per heavy atom. The van der Waals surface area contributed by atoms with Crippen molar-refractivity contribution in [2.24, 2.45) is 0 Å². The van der Waals surface area contributed by atoms with Crippen LogP contribution in [0.15, 0.2) is 41.6 Å². The van der Waals surface area contributed by atoms with Gasteiger partial charge in [-0.3, -0.25) is 4.79 Å². The molecule has 0 spiro atoms. The molecule has 0 radical (unpaired) electrons. The van der Waals surface area contributed by atoms with Crippen LogP contribution in [-0.2, 0) is 0 Å². The number of H-pyrrole nitrogens is 2. The molecule has 18 heavy (non-hydrogen) atoms. The van der Waals surface area contributed by atoms with Gasteiger partial charge < -0.3 is 14.7 Å². The molecule has 0 saturated carbocycles. The van der Waals surface area contributed by atoms with Crippen molar-refractivity contribution in [2.75, 3.05) is 7.11 Å². The molecule has 0 aliphatic heterocycles. The maximum Gasteiger partial charge on any atom is 0.293 e. The van der Waals surface area contributed by atoms with Crippen LogP contribution in [0.25, 0.3) is 22.2 Å². The molecule has 0 bridgehead atoms. The van der Waals surface area contributed by atoms with Gasteiger partial charge in [-0.2, -0.15) is 0 Å². The minimum absolute atomic E-state index is 0.224. The third kappa shape index (κ3) is 1.48. The molecule has 5 nitrogen and oxygen atoms in total. The number of ether oxygens (including phenoxy) is 1. The van der Waals surface area contributed by atoms with Gasteiger partial charge in [0.2, 0.25) is 5.75 Å². The molecule has 0 unspecified atom stereocenters. The van der Waals surface area contributed by atoms with Crippen molar-refractivity contribution >= 4 is 10.9 Å². The second-order valence-corrected chi connectivity index (χ2v) is 3.86. The standard InChI is InChI=1S/C13H11N3O2/c1-18-12-11(15-7-16-13(12)17)9-6-14-10-5-3-2-4-8(9)10/h2-7,14H,1H3,(H,15,16,17). The number of aromatic amines is 2. The maximum atomic E-state index is 11.7. The number of para-hydroxylation sites is 1. The molecule has 0 fully saturated rings. The number of rotatable bonds is 2. The van der Waals surface area contributed by atoms with Crippen molar-refractivity contribution in [2.45, 2.75) is 0 Å². The molecule has 0 saturated heterocycles. The topological polar surface area (TPSA) is 70.8 Å². The molecule has 1 aromatic carbocycles. The zero-order valence-corrected chi connectivity index (χ0v) is 9.73. The number of fused-ring (bicyclic) bond motifs is 1. The SMILES string of the molecule is COc1c(-c2c[nH]c3ccccc23)nc[nH]c1=O. The number of nitrogens with zero attached hydrogens (tertiary/aromatic N) is 1. The molecule has 5 heteroatoms. The average Bonchev–Trinajstić information content (AvgIpc) is 2.82. The molecule has 0 atom stereocenters. The lowest BCUT2D eigenvalue weighted by molar-refractivity contribution is 0.408. The van der Waals surface area contributed by atoms with Crippen molar-refractivity contribution in [3.8, 4) is 17.0 Å². The van der Waals surface area contributed by atoms with Gasteiger partial charge in [-0.25, -0.2) is 4.98 Å². The normalized spacial score (nSPS) is 10.7. The van der Waals surface area contributed by atoms with Gasteiger partial charge in [0.05, 0.1) is 13.4 Å². The minimum atomic E-state index is -0.284. The molecule has 2 N–H and O–H groups in total. The summed E-state index contributed by atoms with van der Waals surface area (Å²) in [6.45, 7) is 0. The Labute approximate surface area is 102 Å². The van der Waals surface area contributed by atoms with Crippen molar-refractivity contribution in [1.82, 2.24) is 15.0 Å². The lowest BCUT2D eigenvalue weighted by Gasteiger charge is -2.04. The lowest BCUT2D eigenvalue weighted by Crippen LogP contribution is -2.10. The zero-order chi connectivity index (χ0) is 12.5. The summed E-state index contributed by atoms with van der Waals surface area (Å²) in [5, 5.41) is 1.01. The Bertz CT molecular complexity index is 758. The van der Waals surface area contributed by atoms with Gasteiger partial charge in [-0.15, -0.1) is 0 Å². The van der Waals surface area contributed by atoms with Crippen LogP contribution in [0.2, 0.25) is 0 Å². The van der Waals surface area contributed by atoms with Crippen LogP contribution >= 0.6 is 0 Å². The van der Waals surface area contributed by atoms with Crippen LogP contribution in [0.3, 0.4) is 0 Å². The molecule has 0 amide bonds. The van der Waals surface area contributed by atoms with Gasteiger partial charge in [0.15, 0.2) is 0 Å². The molecule has 90 valence electrons. The van der Waals surface area contributed by atoms with E-state index in [-0.39, 0.29) is 11.3 Å². The first-order valence-electron chi connectivity index (χ1n) is 5.49. The Kier molecular flexibility index (Phi) is 2.37. The van der Waals surface area contributed by atoms with E-state index in [2.05, 4.69) is 15.0 Å². The van der Waals surface area contributed by atoms with Gasteiger partial charge in [0.25, 0.3) is 5.56 Å². The summed E-state index contributed by atoms with van der Waals surface area (Å²) >= 11 is 0. The number of hydrogen-bond acceptors (Lipinski definition) is 3. The van der Waals surface area contributed by atoms with Crippen molar-refractivity contribution in [3.63, 3.8) is 0 Å². The number of hydrogen-bond donors (Lipinski definition) is 2. The third-order valence-electron chi connectivity index (χ3n) is 2.86. The highest BCUT2D eigenvalue weighted by molar-refractivity contribution is 5.95. The Hall–Kier alpha value is -2.56. The summed E-state index contributed by atoms with van der Waals surface area (Å²) in [4.78, 5) is 21.5. The summed E-state index contributed by atoms with van der Waals surface area (Å²) in [5.74, 6) is 0.224. The summed E-state index contributed by atoms with van der Waals surface area (Å²) in [6, 6.07) is 7.84. The van der Waals surface area contributed by atoms with E-state index in [9.17, 15) is 4.79 Å². The molecule has 2 aromatic heterocycles. The van der Waals surface area contributed by atoms with Crippen LogP contribution in [0.1, 0.15) is 0 Å². The van der Waals surface area contributed by atoms with Crippen molar-refractivity contribution in [3.05, 3.63) is 47.1 Å². The number of nitrogens with one attached hydrogen (secondary N) is 2. The molecular weight excluding hydrogens is 230 g/mol. The molecule has 0 aliphatic rings. The van der Waals surface area contributed by atoms with E-state index in [4.69, 9.17) is 4.74 Å². The smallest absolute Gasteiger partial charge is 0.293 e. The van der Waals surface area contributed by atoms with Gasteiger partial charge in [0.1, 0.15) is 5.69 Å². The largest absolute Gasteiger partial charge is 0.490 e. The zero-order valence-electron chi connectivity index (χ0n) is 9.73. The summed E-state index contributed by atoms with van der Waals surface area (Å²) in [7, 11) is 1.46. The summed E-state index contributed by atoms with van der Waals surface area (Å²) in [6.07, 6.45) is 3.21. The number of methoxy groups -OCH3 is 1. The second kappa shape index (κ2) is 4.03. The lowest BCUT2D eigenvalue weighted by atomic mass is 10.1. The van der Waals surface area contributed by atoms with Crippen molar-refractivity contribution in [1.29, 1.82) is 0 Å². The van der Waals surface area contributed by atoms with Crippen molar-refractivity contribution < 1.29 is 4.74 Å². The first kappa shape index (κ1) is 10.6. The predicted octanol–water partition coefficient (Wildman–Crippen LogP) is 1.93. The summed E-state index contributed by atoms with van der Waals surface area (Å²) < 4.78 is 5.13. The maximum absolute atomic E-state index is 11.7. The molecule has 2 heterocycles. The van der Waals surface area contributed by atoms with Gasteiger partial charge >= 0.3 is 0 Å². The monoisotopic (exact) mass is 241 g/mol. The fraction of sp³-hybridized carbons (Fsp3) is 0.0769. The van der Waals surface area contributed by atoms with Gasteiger partial charge in [0, 0.05) is 22.7 Å². The number of benzene rings is 1. The van der Waals surface area contributed by atoms with E-state index in [0.717, 1.165) is 16.5 Å². The average molecular weight is 241 g/mol. The molecule has 3 rings (SSSR count). The van der Waals surface area contributed by atoms with E-state index in [0.29, 0.717) is 5.69 Å². The first-order valence-corrected chi connectivity index (χ1v) is 5.49. The van der Waals surface area contributed by atoms with Crippen LogP contribution in [0, 0.1) is 0 Å². The Morgan fingerprint density at radius 3 is 2.89 bits per heavy atom. The van der Waals surface area contributed by atoms with Crippen LogP contribution in [-0.4, -0.2) is 22.1 Å². The van der Waals surface area contributed by atoms with E-state index in [1.165, 1.54) is 13.4 Å². The fourth-order valence-electron chi connectivity index (χ4n) is 2.04. The van der Waals surface area contributed by atoms with Crippen LogP contribution in [0.4, 0.5) is 0 Å². The van der Waals surface area contributed by atoms with Crippen LogP contribution in [0.5, 0.6) is 5.75 Å². The highest BCUT2D eigenvalue weighted by Crippen LogP contribution is 2.30. The van der Waals surface area contributed by atoms with E-state index in [1.807, 2.05) is 30.5 Å². The molecule has 3 aromatic rings. The van der Waals surface area contributed by atoms with Gasteiger partial charge in [-0.05, 0) is 6.07 Å². The Balaban J connectivity index is 2.33. The Morgan fingerprint density at radius 1 is 1.22 bits per heavy atom. The number of aromatic nitrogens is 3. The molecular formula is C13H11N3O2. The highest BCUT2D eigenvalue weighted by atomic mass is 16.5. The second-order valence-electron chi connectivity index (χ2n) is 3.86. The predicted molar refractivity (Wildman–Crippen MR) is 68.7 cm³/mol. The molecule has 0 aliphatic carbocycles. The van der Waals surface area contributed by atoms with Crippen LogP contribution < -0.4 is 10.3 Å². The third-order valence-corrected chi connectivity index (χ3v) is 2.86. The highest BCUT2D eigenvalue weighted by Gasteiger charge is 2.14. The van der Waals surface area contributed by atoms with Gasteiger partial charge in [-0.1, -0.05) is 18.2 Å². The van der Waals surface area contributed by atoms with E-state index in [1.54, 1.807) is 0 Å². The fourth-order valence-corrected chi connectivity index (χ4v) is 2.04.